The number of para-hydroxylation sites is 1. The van der Waals surface area contributed by atoms with Crippen molar-refractivity contribution in [3.8, 4) is 0 Å². The van der Waals surface area contributed by atoms with E-state index in [1.54, 1.807) is 6.92 Å². The number of nitrogens with zero attached hydrogens (tertiary/aromatic N) is 1. The number of hydrogen-bond acceptors (Lipinski definition) is 4. The molecule has 2 N–H and O–H groups in total. The number of carboxylic acids is 1. The smallest absolute Gasteiger partial charge is 0.326 e. The Kier molecular flexibility index (Phi) is 4.57. The van der Waals surface area contributed by atoms with Gasteiger partial charge in [0.25, 0.3) is 11.6 Å². The molecule has 0 fully saturated rings. The third-order valence-electron chi connectivity index (χ3n) is 2.68. The van der Waals surface area contributed by atoms with Crippen molar-refractivity contribution >= 4 is 17.6 Å². The number of carbonyl (C=O) groups excluding carboxylic acids is 1. The molecule has 1 rings (SSSR count). The number of hydrogen-bond donors (Lipinski definition) is 2. The van der Waals surface area contributed by atoms with Crippen LogP contribution in [0.2, 0.25) is 0 Å². The number of nitro groups is 1. The topological polar surface area (TPSA) is 110 Å². The number of benzene rings is 1. The lowest BCUT2D eigenvalue weighted by atomic mass is 10.1. The molecule has 19 heavy (non-hydrogen) atoms. The molecule has 0 saturated carbocycles. The fraction of sp³-hybridized carbons (Fsp3) is 0.333. The molecular weight excluding hydrogens is 252 g/mol. The first-order valence-electron chi connectivity index (χ1n) is 5.66. The molecule has 0 heterocycles. The molecule has 1 aromatic carbocycles. The highest BCUT2D eigenvalue weighted by molar-refractivity contribution is 6.00. The van der Waals surface area contributed by atoms with Crippen molar-refractivity contribution in [2.45, 2.75) is 26.3 Å². The molecule has 0 bridgehead atoms. The summed E-state index contributed by atoms with van der Waals surface area (Å²) in [5.41, 5.74) is -0.0917. The fourth-order valence-corrected chi connectivity index (χ4v) is 1.66. The van der Waals surface area contributed by atoms with Crippen molar-refractivity contribution in [2.24, 2.45) is 0 Å². The van der Waals surface area contributed by atoms with Crippen molar-refractivity contribution < 1.29 is 19.6 Å². The van der Waals surface area contributed by atoms with Crippen LogP contribution in [-0.4, -0.2) is 27.9 Å². The van der Waals surface area contributed by atoms with E-state index in [0.29, 0.717) is 5.56 Å². The molecule has 0 aliphatic carbocycles. The van der Waals surface area contributed by atoms with E-state index in [1.807, 2.05) is 0 Å². The second-order valence-electron chi connectivity index (χ2n) is 4.00. The molecule has 0 radical (unpaired) electrons. The molecule has 0 spiro atoms. The zero-order valence-corrected chi connectivity index (χ0v) is 10.5. The van der Waals surface area contributed by atoms with Crippen LogP contribution in [-0.2, 0) is 4.79 Å². The zero-order valence-electron chi connectivity index (χ0n) is 10.5. The summed E-state index contributed by atoms with van der Waals surface area (Å²) in [6.07, 6.45) is 0.195. The summed E-state index contributed by atoms with van der Waals surface area (Å²) in [5, 5.41) is 22.1. The van der Waals surface area contributed by atoms with Crippen molar-refractivity contribution in [2.75, 3.05) is 0 Å². The van der Waals surface area contributed by atoms with Crippen LogP contribution in [0.4, 0.5) is 5.69 Å². The molecule has 1 atom stereocenters. The van der Waals surface area contributed by atoms with Gasteiger partial charge in [0.15, 0.2) is 0 Å². The summed E-state index contributed by atoms with van der Waals surface area (Å²) in [6, 6.07) is 3.27. The van der Waals surface area contributed by atoms with Crippen LogP contribution < -0.4 is 5.32 Å². The lowest BCUT2D eigenvalue weighted by Crippen LogP contribution is -2.40. The highest BCUT2D eigenvalue weighted by atomic mass is 16.6. The second kappa shape index (κ2) is 5.94. The average Bonchev–Trinajstić information content (AvgIpc) is 2.34. The number of amides is 1. The molecule has 1 unspecified atom stereocenters. The van der Waals surface area contributed by atoms with Gasteiger partial charge in [-0.3, -0.25) is 14.9 Å². The summed E-state index contributed by atoms with van der Waals surface area (Å²) in [5.74, 6) is -1.93. The molecule has 0 aromatic heterocycles. The normalized spacial score (nSPS) is 11.7. The van der Waals surface area contributed by atoms with Gasteiger partial charge in [-0.05, 0) is 19.4 Å². The monoisotopic (exact) mass is 266 g/mol. The summed E-state index contributed by atoms with van der Waals surface area (Å²) < 4.78 is 0. The Morgan fingerprint density at radius 1 is 1.47 bits per heavy atom. The average molecular weight is 266 g/mol. The third kappa shape index (κ3) is 3.27. The predicted molar refractivity (Wildman–Crippen MR) is 67.0 cm³/mol. The molecule has 0 aliphatic rings. The largest absolute Gasteiger partial charge is 0.480 e. The lowest BCUT2D eigenvalue weighted by Gasteiger charge is -2.12. The van der Waals surface area contributed by atoms with Crippen LogP contribution in [0.3, 0.4) is 0 Å². The highest BCUT2D eigenvalue weighted by Crippen LogP contribution is 2.23. The SMILES string of the molecule is CCC(NC(=O)c1cccc(C)c1[N+](=O)[O-])C(=O)O. The van der Waals surface area contributed by atoms with E-state index in [4.69, 9.17) is 5.11 Å². The molecule has 0 aliphatic heterocycles. The highest BCUT2D eigenvalue weighted by Gasteiger charge is 2.25. The van der Waals surface area contributed by atoms with Crippen molar-refractivity contribution in [3.05, 3.63) is 39.4 Å². The van der Waals surface area contributed by atoms with E-state index in [9.17, 15) is 19.7 Å². The Hall–Kier alpha value is -2.44. The van der Waals surface area contributed by atoms with Gasteiger partial charge in [-0.2, -0.15) is 0 Å². The molecule has 1 aromatic rings. The first kappa shape index (κ1) is 14.6. The van der Waals surface area contributed by atoms with Crippen LogP contribution >= 0.6 is 0 Å². The molecule has 7 nitrogen and oxygen atoms in total. The van der Waals surface area contributed by atoms with Crippen molar-refractivity contribution in [1.29, 1.82) is 0 Å². The van der Waals surface area contributed by atoms with E-state index < -0.39 is 22.8 Å². The number of carboxylic acid groups (broad SMARTS) is 1. The Morgan fingerprint density at radius 2 is 2.11 bits per heavy atom. The van der Waals surface area contributed by atoms with E-state index in [2.05, 4.69) is 5.32 Å². The maximum absolute atomic E-state index is 11.9. The third-order valence-corrected chi connectivity index (χ3v) is 2.68. The van der Waals surface area contributed by atoms with E-state index in [0.717, 1.165) is 0 Å². The van der Waals surface area contributed by atoms with E-state index in [1.165, 1.54) is 25.1 Å². The summed E-state index contributed by atoms with van der Waals surface area (Å²) >= 11 is 0. The van der Waals surface area contributed by atoms with Crippen LogP contribution in [0.5, 0.6) is 0 Å². The zero-order chi connectivity index (χ0) is 14.6. The van der Waals surface area contributed by atoms with Gasteiger partial charge in [0.05, 0.1) is 4.92 Å². The van der Waals surface area contributed by atoms with Gasteiger partial charge in [-0.15, -0.1) is 0 Å². The number of nitrogens with one attached hydrogen (secondary N) is 1. The Balaban J connectivity index is 3.10. The molecule has 102 valence electrons. The van der Waals surface area contributed by atoms with Crippen LogP contribution in [0, 0.1) is 17.0 Å². The number of rotatable bonds is 5. The lowest BCUT2D eigenvalue weighted by molar-refractivity contribution is -0.385. The van der Waals surface area contributed by atoms with Crippen LogP contribution in [0.1, 0.15) is 29.3 Å². The minimum Gasteiger partial charge on any atom is -0.480 e. The van der Waals surface area contributed by atoms with Crippen LogP contribution in [0.15, 0.2) is 18.2 Å². The first-order valence-corrected chi connectivity index (χ1v) is 5.66. The van der Waals surface area contributed by atoms with E-state index >= 15 is 0 Å². The van der Waals surface area contributed by atoms with Crippen LogP contribution in [0.25, 0.3) is 0 Å². The van der Waals surface area contributed by atoms with E-state index in [-0.39, 0.29) is 17.7 Å². The Morgan fingerprint density at radius 3 is 2.58 bits per heavy atom. The number of aliphatic carboxylic acids is 1. The van der Waals surface area contributed by atoms with Gasteiger partial charge < -0.3 is 10.4 Å². The predicted octanol–water partition coefficient (Wildman–Crippen LogP) is 1.50. The first-order chi connectivity index (χ1) is 8.88. The van der Waals surface area contributed by atoms with Gasteiger partial charge in [0.1, 0.15) is 11.6 Å². The fourth-order valence-electron chi connectivity index (χ4n) is 1.66. The quantitative estimate of drug-likeness (QED) is 0.619. The van der Waals surface area contributed by atoms with Gasteiger partial charge in [0, 0.05) is 5.56 Å². The number of nitro benzene ring substituents is 1. The maximum Gasteiger partial charge on any atom is 0.326 e. The molecule has 7 heteroatoms. The summed E-state index contributed by atoms with van der Waals surface area (Å²) in [6.45, 7) is 3.12. The minimum absolute atomic E-state index is 0.135. The number of aryl methyl sites for hydroxylation is 1. The van der Waals surface area contributed by atoms with Crippen molar-refractivity contribution in [1.82, 2.24) is 5.32 Å². The van der Waals surface area contributed by atoms with Gasteiger partial charge in [-0.25, -0.2) is 4.79 Å². The molecule has 0 saturated heterocycles. The molecular formula is C12H14N2O5. The summed E-state index contributed by atoms with van der Waals surface area (Å²) in [4.78, 5) is 33.1. The number of carbonyl (C=O) groups is 2. The second-order valence-corrected chi connectivity index (χ2v) is 4.00. The minimum atomic E-state index is -1.17. The Labute approximate surface area is 109 Å². The van der Waals surface area contributed by atoms with Crippen molar-refractivity contribution in [3.63, 3.8) is 0 Å². The van der Waals surface area contributed by atoms with Gasteiger partial charge in [0.2, 0.25) is 0 Å². The van der Waals surface area contributed by atoms with Gasteiger partial charge >= 0.3 is 5.97 Å². The maximum atomic E-state index is 11.9. The molecule has 1 amide bonds. The van der Waals surface area contributed by atoms with Gasteiger partial charge in [-0.1, -0.05) is 19.1 Å². The Bertz CT molecular complexity index is 527. The summed E-state index contributed by atoms with van der Waals surface area (Å²) in [7, 11) is 0. The standard InChI is InChI=1S/C12H14N2O5/c1-3-9(12(16)17)13-11(15)8-6-4-5-7(2)10(8)14(18)19/h4-6,9H,3H2,1-2H3,(H,13,15)(H,16,17).